The number of nitrogens with zero attached hydrogens (tertiary/aromatic N) is 2. The number of piperidine rings is 1. The van der Waals surface area contributed by atoms with Crippen LogP contribution in [0.1, 0.15) is 25.0 Å². The van der Waals surface area contributed by atoms with Crippen molar-refractivity contribution in [3.63, 3.8) is 0 Å². The van der Waals surface area contributed by atoms with Gasteiger partial charge in [-0.25, -0.2) is 0 Å². The van der Waals surface area contributed by atoms with Crippen molar-refractivity contribution in [1.82, 2.24) is 9.47 Å². The fourth-order valence-corrected chi connectivity index (χ4v) is 3.36. The smallest absolute Gasteiger partial charge is 0.250 e. The second-order valence-electron chi connectivity index (χ2n) is 5.73. The van der Waals surface area contributed by atoms with Crippen LogP contribution in [-0.4, -0.2) is 34.5 Å². The lowest BCUT2D eigenvalue weighted by molar-refractivity contribution is -0.134. The number of carbonyl (C=O) groups excluding carboxylic acids is 1. The molecule has 0 radical (unpaired) electrons. The molecular formula is C14H20ClN3O2. The first-order chi connectivity index (χ1) is 9.06. The van der Waals surface area contributed by atoms with Crippen molar-refractivity contribution >= 4 is 18.3 Å². The zero-order chi connectivity index (χ0) is 13.6. The summed E-state index contributed by atoms with van der Waals surface area (Å²) in [5.41, 5.74) is 6.82. The van der Waals surface area contributed by atoms with Gasteiger partial charge in [-0.05, 0) is 25.3 Å². The summed E-state index contributed by atoms with van der Waals surface area (Å²) in [6.07, 6.45) is 1.06. The highest BCUT2D eigenvalue weighted by Crippen LogP contribution is 2.34. The standard InChI is InChI=1S/C14H19N3O2.ClH/c1-9(15)14(19)16-6-10-5-11(8-16)12-3-2-4-13(18)17(12)7-10;/h2-4,9-11H,5-8,15H2,1H3;1H/t9-,10+,11-;/m1./s1. The zero-order valence-electron chi connectivity index (χ0n) is 11.5. The molecule has 1 saturated heterocycles. The van der Waals surface area contributed by atoms with Gasteiger partial charge < -0.3 is 15.2 Å². The number of carbonyl (C=O) groups is 1. The summed E-state index contributed by atoms with van der Waals surface area (Å²) in [6.45, 7) is 3.84. The summed E-state index contributed by atoms with van der Waals surface area (Å²) in [6, 6.07) is 4.97. The van der Waals surface area contributed by atoms with Crippen LogP contribution in [0.4, 0.5) is 0 Å². The molecular weight excluding hydrogens is 278 g/mol. The van der Waals surface area contributed by atoms with Crippen molar-refractivity contribution < 1.29 is 4.79 Å². The zero-order valence-corrected chi connectivity index (χ0v) is 12.3. The van der Waals surface area contributed by atoms with E-state index in [1.807, 2.05) is 15.5 Å². The van der Waals surface area contributed by atoms with Crippen LogP contribution in [0.15, 0.2) is 23.0 Å². The molecule has 1 aromatic heterocycles. The van der Waals surface area contributed by atoms with Gasteiger partial charge >= 0.3 is 0 Å². The Labute approximate surface area is 124 Å². The van der Waals surface area contributed by atoms with Gasteiger partial charge in [-0.15, -0.1) is 12.4 Å². The van der Waals surface area contributed by atoms with Gasteiger partial charge in [0.2, 0.25) is 5.91 Å². The third-order valence-corrected chi connectivity index (χ3v) is 4.18. The Bertz CT molecular complexity index is 570. The fraction of sp³-hybridized carbons (Fsp3) is 0.571. The number of aromatic nitrogens is 1. The van der Waals surface area contributed by atoms with Crippen LogP contribution < -0.4 is 11.3 Å². The molecule has 1 aromatic rings. The molecule has 2 aliphatic heterocycles. The molecule has 20 heavy (non-hydrogen) atoms. The lowest BCUT2D eigenvalue weighted by Crippen LogP contribution is -2.52. The largest absolute Gasteiger partial charge is 0.340 e. The summed E-state index contributed by atoms with van der Waals surface area (Å²) >= 11 is 0. The van der Waals surface area contributed by atoms with E-state index in [0.717, 1.165) is 18.7 Å². The number of rotatable bonds is 1. The molecule has 2 N–H and O–H groups in total. The summed E-state index contributed by atoms with van der Waals surface area (Å²) in [4.78, 5) is 25.8. The maximum absolute atomic E-state index is 12.0. The van der Waals surface area contributed by atoms with Crippen molar-refractivity contribution in [2.45, 2.75) is 31.8 Å². The second-order valence-corrected chi connectivity index (χ2v) is 5.73. The molecule has 2 aliphatic rings. The molecule has 6 heteroatoms. The Morgan fingerprint density at radius 1 is 1.35 bits per heavy atom. The Hall–Kier alpha value is -1.33. The number of nitrogens with two attached hydrogens (primary N) is 1. The van der Waals surface area contributed by atoms with Crippen molar-refractivity contribution in [2.75, 3.05) is 13.1 Å². The van der Waals surface area contributed by atoms with E-state index in [1.165, 1.54) is 0 Å². The number of fused-ring (bicyclic) bond motifs is 4. The van der Waals surface area contributed by atoms with Gasteiger partial charge in [0.1, 0.15) is 0 Å². The molecule has 2 bridgehead atoms. The summed E-state index contributed by atoms with van der Waals surface area (Å²) in [7, 11) is 0. The maximum atomic E-state index is 12.0. The summed E-state index contributed by atoms with van der Waals surface area (Å²) < 4.78 is 1.87. The third-order valence-electron chi connectivity index (χ3n) is 4.18. The minimum Gasteiger partial charge on any atom is -0.340 e. The van der Waals surface area contributed by atoms with Crippen LogP contribution in [0, 0.1) is 5.92 Å². The molecule has 0 spiro atoms. The van der Waals surface area contributed by atoms with Gasteiger partial charge in [-0.3, -0.25) is 9.59 Å². The molecule has 0 aliphatic carbocycles. The molecule has 110 valence electrons. The average Bonchev–Trinajstić information content (AvgIpc) is 2.39. The van der Waals surface area contributed by atoms with E-state index < -0.39 is 6.04 Å². The molecule has 3 heterocycles. The van der Waals surface area contributed by atoms with E-state index in [1.54, 1.807) is 19.1 Å². The highest BCUT2D eigenvalue weighted by atomic mass is 35.5. The van der Waals surface area contributed by atoms with Crippen LogP contribution in [-0.2, 0) is 11.3 Å². The predicted octanol–water partition coefficient (Wildman–Crippen LogP) is 0.563. The lowest BCUT2D eigenvalue weighted by Gasteiger charge is -2.43. The van der Waals surface area contributed by atoms with Crippen LogP contribution >= 0.6 is 12.4 Å². The van der Waals surface area contributed by atoms with Gasteiger partial charge in [0.05, 0.1) is 6.04 Å². The minimum atomic E-state index is -0.447. The molecule has 0 aromatic carbocycles. The first kappa shape index (κ1) is 15.1. The van der Waals surface area contributed by atoms with Crippen LogP contribution in [0.3, 0.4) is 0 Å². The highest BCUT2D eigenvalue weighted by molar-refractivity contribution is 5.85. The van der Waals surface area contributed by atoms with E-state index in [-0.39, 0.29) is 29.8 Å². The Morgan fingerprint density at radius 2 is 2.10 bits per heavy atom. The maximum Gasteiger partial charge on any atom is 0.250 e. The highest BCUT2D eigenvalue weighted by Gasteiger charge is 2.36. The Balaban J connectivity index is 0.00000147. The second kappa shape index (κ2) is 5.58. The molecule has 1 amide bonds. The number of hydrogen-bond acceptors (Lipinski definition) is 3. The van der Waals surface area contributed by atoms with Crippen LogP contribution in [0.25, 0.3) is 0 Å². The van der Waals surface area contributed by atoms with Crippen LogP contribution in [0.5, 0.6) is 0 Å². The van der Waals surface area contributed by atoms with Crippen molar-refractivity contribution in [3.8, 4) is 0 Å². The number of hydrogen-bond donors (Lipinski definition) is 1. The fourth-order valence-electron chi connectivity index (χ4n) is 3.36. The number of pyridine rings is 1. The molecule has 1 fully saturated rings. The Morgan fingerprint density at radius 3 is 2.80 bits per heavy atom. The molecule has 0 saturated carbocycles. The first-order valence-electron chi connectivity index (χ1n) is 6.80. The summed E-state index contributed by atoms with van der Waals surface area (Å²) in [5, 5.41) is 0. The number of amides is 1. The number of likely N-dealkylation sites (tertiary alicyclic amines) is 1. The first-order valence-corrected chi connectivity index (χ1v) is 6.80. The van der Waals surface area contributed by atoms with Crippen molar-refractivity contribution in [3.05, 3.63) is 34.2 Å². The van der Waals surface area contributed by atoms with E-state index in [9.17, 15) is 9.59 Å². The van der Waals surface area contributed by atoms with Gasteiger partial charge in [0, 0.05) is 37.3 Å². The van der Waals surface area contributed by atoms with Gasteiger partial charge in [-0.2, -0.15) is 0 Å². The molecule has 0 unspecified atom stereocenters. The third kappa shape index (κ3) is 2.47. The summed E-state index contributed by atoms with van der Waals surface area (Å²) in [5.74, 6) is 0.652. The van der Waals surface area contributed by atoms with Crippen molar-refractivity contribution in [1.29, 1.82) is 0 Å². The van der Waals surface area contributed by atoms with Crippen LogP contribution in [0.2, 0.25) is 0 Å². The molecule has 3 rings (SSSR count). The normalized spacial score (nSPS) is 25.4. The molecule has 3 atom stereocenters. The molecule has 5 nitrogen and oxygen atoms in total. The SMILES string of the molecule is C[C@@H](N)C(=O)N1C[C@@H]2C[C@H](C1)c1cccc(=O)n1C2.Cl. The number of halogens is 1. The van der Waals surface area contributed by atoms with Crippen molar-refractivity contribution in [2.24, 2.45) is 11.7 Å². The van der Waals surface area contributed by atoms with E-state index in [0.29, 0.717) is 19.0 Å². The Kier molecular flexibility index (Phi) is 4.20. The lowest BCUT2D eigenvalue weighted by atomic mass is 9.83. The average molecular weight is 298 g/mol. The van der Waals surface area contributed by atoms with E-state index in [4.69, 9.17) is 5.73 Å². The van der Waals surface area contributed by atoms with Gasteiger partial charge in [0.25, 0.3) is 5.56 Å². The van der Waals surface area contributed by atoms with Gasteiger partial charge in [-0.1, -0.05) is 6.07 Å². The van der Waals surface area contributed by atoms with E-state index >= 15 is 0 Å². The quantitative estimate of drug-likeness (QED) is 0.824. The van der Waals surface area contributed by atoms with E-state index in [2.05, 4.69) is 0 Å². The van der Waals surface area contributed by atoms with Gasteiger partial charge in [0.15, 0.2) is 0 Å². The topological polar surface area (TPSA) is 68.3 Å². The predicted molar refractivity (Wildman–Crippen MR) is 79.0 cm³/mol. The minimum absolute atomic E-state index is 0. The monoisotopic (exact) mass is 297 g/mol.